The lowest BCUT2D eigenvalue weighted by Crippen LogP contribution is -2.51. The number of nitrogens with one attached hydrogen (secondary N) is 2. The van der Waals surface area contributed by atoms with E-state index in [-0.39, 0.29) is 12.1 Å². The van der Waals surface area contributed by atoms with E-state index in [1.54, 1.807) is 17.3 Å². The van der Waals surface area contributed by atoms with Crippen LogP contribution in [0.3, 0.4) is 0 Å². The standard InChI is InChI=1S/C13H20N4O3S/c1-21(19,20)16-12-5-3-7-17(10-12)13(18)15-9-11-4-2-6-14-8-11/h2,4,6,8,12,16H,3,5,7,9-10H2,1H3,(H,15,18)/t12-/m0/s1. The van der Waals surface area contributed by atoms with Crippen molar-refractivity contribution in [1.82, 2.24) is 19.9 Å². The molecule has 1 aliphatic heterocycles. The van der Waals surface area contributed by atoms with E-state index in [0.717, 1.165) is 24.7 Å². The predicted octanol–water partition coefficient (Wildman–Crippen LogP) is 0.305. The summed E-state index contributed by atoms with van der Waals surface area (Å²) >= 11 is 0. The first-order valence-electron chi connectivity index (χ1n) is 6.83. The molecule has 0 bridgehead atoms. The molecule has 7 nitrogen and oxygen atoms in total. The van der Waals surface area contributed by atoms with Gasteiger partial charge in [0.15, 0.2) is 0 Å². The molecule has 0 spiro atoms. The van der Waals surface area contributed by atoms with Gasteiger partial charge >= 0.3 is 6.03 Å². The molecule has 21 heavy (non-hydrogen) atoms. The fraction of sp³-hybridized carbons (Fsp3) is 0.538. The van der Waals surface area contributed by atoms with Gasteiger partial charge in [0, 0.05) is 38.1 Å². The lowest BCUT2D eigenvalue weighted by molar-refractivity contribution is 0.177. The lowest BCUT2D eigenvalue weighted by Gasteiger charge is -2.32. The zero-order valence-electron chi connectivity index (χ0n) is 11.9. The molecule has 0 saturated carbocycles. The SMILES string of the molecule is CS(=O)(=O)N[C@H]1CCCN(C(=O)NCc2cccnc2)C1. The van der Waals surface area contributed by atoms with Crippen molar-refractivity contribution in [3.05, 3.63) is 30.1 Å². The van der Waals surface area contributed by atoms with E-state index in [1.807, 2.05) is 12.1 Å². The van der Waals surface area contributed by atoms with Crippen molar-refractivity contribution in [2.24, 2.45) is 0 Å². The number of pyridine rings is 1. The fourth-order valence-electron chi connectivity index (χ4n) is 2.35. The number of aromatic nitrogens is 1. The highest BCUT2D eigenvalue weighted by atomic mass is 32.2. The van der Waals surface area contributed by atoms with Crippen LogP contribution in [0.15, 0.2) is 24.5 Å². The third-order valence-corrected chi connectivity index (χ3v) is 4.02. The quantitative estimate of drug-likeness (QED) is 0.837. The second kappa shape index (κ2) is 6.86. The zero-order valence-corrected chi connectivity index (χ0v) is 12.8. The van der Waals surface area contributed by atoms with Gasteiger partial charge in [0.05, 0.1) is 6.26 Å². The molecular weight excluding hydrogens is 292 g/mol. The Morgan fingerprint density at radius 2 is 2.33 bits per heavy atom. The van der Waals surface area contributed by atoms with Crippen molar-refractivity contribution in [2.75, 3.05) is 19.3 Å². The Labute approximate surface area is 124 Å². The molecule has 0 radical (unpaired) electrons. The Bertz CT molecular complexity index is 576. The van der Waals surface area contributed by atoms with Gasteiger partial charge in [0.1, 0.15) is 0 Å². The molecule has 2 rings (SSSR count). The second-order valence-electron chi connectivity index (χ2n) is 5.20. The van der Waals surface area contributed by atoms with Crippen LogP contribution in [0.4, 0.5) is 4.79 Å². The molecule has 1 aromatic heterocycles. The summed E-state index contributed by atoms with van der Waals surface area (Å²) in [5.74, 6) is 0. The van der Waals surface area contributed by atoms with E-state index in [1.165, 1.54) is 0 Å². The molecule has 2 amide bonds. The van der Waals surface area contributed by atoms with Crippen molar-refractivity contribution in [2.45, 2.75) is 25.4 Å². The third-order valence-electron chi connectivity index (χ3n) is 3.26. The maximum atomic E-state index is 12.1. The first-order valence-corrected chi connectivity index (χ1v) is 8.72. The van der Waals surface area contributed by atoms with Gasteiger partial charge in [-0.25, -0.2) is 17.9 Å². The van der Waals surface area contributed by atoms with Crippen molar-refractivity contribution < 1.29 is 13.2 Å². The smallest absolute Gasteiger partial charge is 0.317 e. The maximum Gasteiger partial charge on any atom is 0.317 e. The summed E-state index contributed by atoms with van der Waals surface area (Å²) < 4.78 is 25.1. The van der Waals surface area contributed by atoms with E-state index in [0.29, 0.717) is 19.6 Å². The van der Waals surface area contributed by atoms with Crippen LogP contribution in [0.1, 0.15) is 18.4 Å². The van der Waals surface area contributed by atoms with Crippen LogP contribution in [0.2, 0.25) is 0 Å². The van der Waals surface area contributed by atoms with E-state index in [4.69, 9.17) is 0 Å². The molecule has 1 atom stereocenters. The van der Waals surface area contributed by atoms with Gasteiger partial charge in [0.2, 0.25) is 10.0 Å². The van der Waals surface area contributed by atoms with Gasteiger partial charge in [-0.3, -0.25) is 4.98 Å². The monoisotopic (exact) mass is 312 g/mol. The first-order chi connectivity index (χ1) is 9.94. The van der Waals surface area contributed by atoms with Gasteiger partial charge < -0.3 is 10.2 Å². The Morgan fingerprint density at radius 3 is 3.00 bits per heavy atom. The molecule has 1 aromatic rings. The predicted molar refractivity (Wildman–Crippen MR) is 79.0 cm³/mol. The Hall–Kier alpha value is -1.67. The van der Waals surface area contributed by atoms with Gasteiger partial charge in [-0.1, -0.05) is 6.07 Å². The summed E-state index contributed by atoms with van der Waals surface area (Å²) in [5, 5.41) is 2.82. The summed E-state index contributed by atoms with van der Waals surface area (Å²) in [6.07, 6.45) is 6.04. The van der Waals surface area contributed by atoms with Crippen LogP contribution in [0, 0.1) is 0 Å². The molecule has 1 saturated heterocycles. The topological polar surface area (TPSA) is 91.4 Å². The fourth-order valence-corrected chi connectivity index (χ4v) is 3.15. The summed E-state index contributed by atoms with van der Waals surface area (Å²) in [5.41, 5.74) is 0.925. The number of amides is 2. The minimum Gasteiger partial charge on any atom is -0.334 e. The number of carbonyl (C=O) groups is 1. The molecule has 8 heteroatoms. The van der Waals surface area contributed by atoms with Gasteiger partial charge in [-0.2, -0.15) is 0 Å². The number of likely N-dealkylation sites (tertiary alicyclic amines) is 1. The highest BCUT2D eigenvalue weighted by Gasteiger charge is 2.25. The molecule has 0 unspecified atom stereocenters. The number of hydrogen-bond acceptors (Lipinski definition) is 4. The number of hydrogen-bond donors (Lipinski definition) is 2. The van der Waals surface area contributed by atoms with E-state index in [2.05, 4.69) is 15.0 Å². The molecule has 2 N–H and O–H groups in total. The molecule has 116 valence electrons. The third kappa shape index (κ3) is 5.31. The summed E-state index contributed by atoms with van der Waals surface area (Å²) in [7, 11) is -3.24. The van der Waals surface area contributed by atoms with E-state index < -0.39 is 10.0 Å². The largest absolute Gasteiger partial charge is 0.334 e. The van der Waals surface area contributed by atoms with Crippen LogP contribution in [-0.4, -0.2) is 49.7 Å². The normalized spacial score (nSPS) is 19.3. The number of carbonyl (C=O) groups excluding carboxylic acids is 1. The minimum absolute atomic E-state index is 0.182. The summed E-state index contributed by atoms with van der Waals surface area (Å²) in [6, 6.07) is 3.31. The molecule has 0 aliphatic carbocycles. The van der Waals surface area contributed by atoms with E-state index >= 15 is 0 Å². The molecular formula is C13H20N4O3S. The highest BCUT2D eigenvalue weighted by Crippen LogP contribution is 2.11. The molecule has 1 fully saturated rings. The van der Waals surface area contributed by atoms with Crippen molar-refractivity contribution in [1.29, 1.82) is 0 Å². The number of rotatable bonds is 4. The molecule has 0 aromatic carbocycles. The zero-order chi connectivity index (χ0) is 15.3. The molecule has 2 heterocycles. The average molecular weight is 312 g/mol. The van der Waals surface area contributed by atoms with Crippen LogP contribution in [0.5, 0.6) is 0 Å². The lowest BCUT2D eigenvalue weighted by atomic mass is 10.1. The molecule has 1 aliphatic rings. The second-order valence-corrected chi connectivity index (χ2v) is 6.98. The minimum atomic E-state index is -3.24. The van der Waals surface area contributed by atoms with Crippen molar-refractivity contribution in [3.63, 3.8) is 0 Å². The summed E-state index contributed by atoms with van der Waals surface area (Å²) in [4.78, 5) is 17.7. The van der Waals surface area contributed by atoms with Gasteiger partial charge in [-0.05, 0) is 24.5 Å². The van der Waals surface area contributed by atoms with Crippen molar-refractivity contribution >= 4 is 16.1 Å². The van der Waals surface area contributed by atoms with Crippen LogP contribution in [-0.2, 0) is 16.6 Å². The van der Waals surface area contributed by atoms with E-state index in [9.17, 15) is 13.2 Å². The van der Waals surface area contributed by atoms with Crippen LogP contribution >= 0.6 is 0 Å². The highest BCUT2D eigenvalue weighted by molar-refractivity contribution is 7.88. The number of piperidine rings is 1. The number of nitrogens with zero attached hydrogens (tertiary/aromatic N) is 2. The van der Waals surface area contributed by atoms with Crippen LogP contribution in [0.25, 0.3) is 0 Å². The Morgan fingerprint density at radius 1 is 1.52 bits per heavy atom. The number of sulfonamides is 1. The summed E-state index contributed by atoms with van der Waals surface area (Å²) in [6.45, 7) is 1.44. The Balaban J connectivity index is 1.84. The maximum absolute atomic E-state index is 12.1. The van der Waals surface area contributed by atoms with Crippen LogP contribution < -0.4 is 10.0 Å². The Kier molecular flexibility index (Phi) is 5.13. The first kappa shape index (κ1) is 15.7. The van der Waals surface area contributed by atoms with Crippen molar-refractivity contribution in [3.8, 4) is 0 Å². The number of urea groups is 1. The average Bonchev–Trinajstić information content (AvgIpc) is 2.44. The van der Waals surface area contributed by atoms with Gasteiger partial charge in [0.25, 0.3) is 0 Å². The van der Waals surface area contributed by atoms with Gasteiger partial charge in [-0.15, -0.1) is 0 Å².